The summed E-state index contributed by atoms with van der Waals surface area (Å²) in [7, 11) is 2.01. The lowest BCUT2D eigenvalue weighted by atomic mass is 10.1. The van der Waals surface area contributed by atoms with Gasteiger partial charge in [0.25, 0.3) is 5.69 Å². The molecule has 8 nitrogen and oxygen atoms in total. The minimum Gasteiger partial charge on any atom is -0.478 e. The number of carboxylic acid groups (broad SMARTS) is 1. The summed E-state index contributed by atoms with van der Waals surface area (Å²) in [5, 5.41) is 21.8. The molecule has 2 N–H and O–H groups in total. The molecule has 108 valence electrons. The molecule has 0 amide bonds. The van der Waals surface area contributed by atoms with Gasteiger partial charge in [-0.05, 0) is 13.1 Å². The maximum atomic E-state index is 11.2. The van der Waals surface area contributed by atoms with Crippen LogP contribution in [-0.2, 0) is 0 Å². The summed E-state index contributed by atoms with van der Waals surface area (Å²) in [6.45, 7) is 3.14. The van der Waals surface area contributed by atoms with Gasteiger partial charge < -0.3 is 15.4 Å². The van der Waals surface area contributed by atoms with Gasteiger partial charge in [0.05, 0.1) is 16.2 Å². The molecule has 0 unspecified atom stereocenters. The smallest absolute Gasteiger partial charge is 0.337 e. The van der Waals surface area contributed by atoms with E-state index in [1.165, 1.54) is 18.2 Å². The van der Waals surface area contributed by atoms with E-state index >= 15 is 0 Å². The number of aromatic carboxylic acids is 1. The number of nitro groups is 1. The fraction of sp³-hybridized carbons (Fsp3) is 0.417. The van der Waals surface area contributed by atoms with Crippen LogP contribution >= 0.6 is 0 Å². The quantitative estimate of drug-likeness (QED) is 0.623. The molecule has 1 aromatic carbocycles. The molecular weight excluding hydrogens is 264 g/mol. The third-order valence-corrected chi connectivity index (χ3v) is 3.23. The van der Waals surface area contributed by atoms with E-state index in [4.69, 9.17) is 5.11 Å². The molecule has 2 rings (SSSR count). The Hall–Kier alpha value is -2.19. The summed E-state index contributed by atoms with van der Waals surface area (Å²) >= 11 is 0. The van der Waals surface area contributed by atoms with Crippen LogP contribution in [0.1, 0.15) is 10.4 Å². The topological polar surface area (TPSA) is 99.0 Å². The maximum absolute atomic E-state index is 11.2. The van der Waals surface area contributed by atoms with Gasteiger partial charge in [0.15, 0.2) is 0 Å². The lowest BCUT2D eigenvalue weighted by molar-refractivity contribution is -0.384. The lowest BCUT2D eigenvalue weighted by Gasteiger charge is -2.33. The number of hydrogen-bond acceptors (Lipinski definition) is 6. The molecule has 1 fully saturated rings. The number of carbonyl (C=O) groups is 1. The van der Waals surface area contributed by atoms with Crippen molar-refractivity contribution in [1.82, 2.24) is 9.91 Å². The molecule has 0 bridgehead atoms. The van der Waals surface area contributed by atoms with Crippen molar-refractivity contribution in [3.8, 4) is 0 Å². The Morgan fingerprint density at radius 1 is 1.35 bits per heavy atom. The Kier molecular flexibility index (Phi) is 4.16. The molecule has 0 atom stereocenters. The largest absolute Gasteiger partial charge is 0.478 e. The number of anilines is 1. The number of benzene rings is 1. The second-order valence-electron chi connectivity index (χ2n) is 4.69. The highest BCUT2D eigenvalue weighted by Crippen LogP contribution is 2.23. The second-order valence-corrected chi connectivity index (χ2v) is 4.69. The average Bonchev–Trinajstić information content (AvgIpc) is 2.41. The molecule has 1 aliphatic heterocycles. The van der Waals surface area contributed by atoms with E-state index in [0.29, 0.717) is 0 Å². The molecule has 0 saturated carbocycles. The predicted octanol–water partition coefficient (Wildman–Crippen LogP) is 0.867. The summed E-state index contributed by atoms with van der Waals surface area (Å²) in [5.41, 5.74) is 3.10. The second kappa shape index (κ2) is 5.85. The molecule has 0 radical (unpaired) electrons. The van der Waals surface area contributed by atoms with E-state index in [9.17, 15) is 14.9 Å². The standard InChI is InChI=1S/C12H16N4O4/c1-14-4-6-15(7-5-14)13-11-8-9(16(19)20)2-3-10(11)12(17)18/h2-3,8,13H,4-7H2,1H3,(H,17,18). The Labute approximate surface area is 115 Å². The van der Waals surface area contributed by atoms with E-state index in [1.807, 2.05) is 12.1 Å². The van der Waals surface area contributed by atoms with E-state index in [1.54, 1.807) is 0 Å². The van der Waals surface area contributed by atoms with Gasteiger partial charge in [-0.1, -0.05) is 0 Å². The van der Waals surface area contributed by atoms with Crippen molar-refractivity contribution >= 4 is 17.3 Å². The number of carboxylic acids is 1. The van der Waals surface area contributed by atoms with Crippen LogP contribution < -0.4 is 5.43 Å². The first-order valence-electron chi connectivity index (χ1n) is 6.19. The summed E-state index contributed by atoms with van der Waals surface area (Å²) in [5.74, 6) is -1.11. The fourth-order valence-electron chi connectivity index (χ4n) is 2.01. The van der Waals surface area contributed by atoms with Crippen molar-refractivity contribution in [2.24, 2.45) is 0 Å². The van der Waals surface area contributed by atoms with E-state index in [-0.39, 0.29) is 16.9 Å². The van der Waals surface area contributed by atoms with Gasteiger partial charge in [0.1, 0.15) is 0 Å². The Morgan fingerprint density at radius 2 is 2.00 bits per heavy atom. The van der Waals surface area contributed by atoms with Gasteiger partial charge in [-0.15, -0.1) is 0 Å². The Morgan fingerprint density at radius 3 is 2.55 bits per heavy atom. The van der Waals surface area contributed by atoms with Crippen LogP contribution in [0.2, 0.25) is 0 Å². The average molecular weight is 280 g/mol. The van der Waals surface area contributed by atoms with E-state index in [2.05, 4.69) is 10.3 Å². The van der Waals surface area contributed by atoms with Crippen molar-refractivity contribution < 1.29 is 14.8 Å². The number of nitrogens with zero attached hydrogens (tertiary/aromatic N) is 3. The molecule has 1 saturated heterocycles. The molecule has 1 heterocycles. The number of non-ortho nitro benzene ring substituents is 1. The highest BCUT2D eigenvalue weighted by atomic mass is 16.6. The third kappa shape index (κ3) is 3.22. The zero-order valence-corrected chi connectivity index (χ0v) is 11.1. The third-order valence-electron chi connectivity index (χ3n) is 3.23. The van der Waals surface area contributed by atoms with Gasteiger partial charge in [0, 0.05) is 38.3 Å². The number of hydrogen-bond donors (Lipinski definition) is 2. The van der Waals surface area contributed by atoms with Crippen molar-refractivity contribution in [2.75, 3.05) is 38.7 Å². The van der Waals surface area contributed by atoms with Crippen molar-refractivity contribution in [1.29, 1.82) is 0 Å². The van der Waals surface area contributed by atoms with Crippen LogP contribution in [0, 0.1) is 10.1 Å². The summed E-state index contributed by atoms with van der Waals surface area (Å²) in [4.78, 5) is 23.6. The first kappa shape index (κ1) is 14.2. The number of likely N-dealkylation sites (N-methyl/N-ethyl adjacent to an activating group) is 1. The lowest BCUT2D eigenvalue weighted by Crippen LogP contribution is -2.47. The van der Waals surface area contributed by atoms with Gasteiger partial charge >= 0.3 is 5.97 Å². The van der Waals surface area contributed by atoms with E-state index in [0.717, 1.165) is 26.2 Å². The minimum atomic E-state index is -1.11. The zero-order chi connectivity index (χ0) is 14.7. The number of rotatable bonds is 4. The molecule has 0 spiro atoms. The molecule has 20 heavy (non-hydrogen) atoms. The zero-order valence-electron chi connectivity index (χ0n) is 11.1. The molecule has 1 aromatic rings. The number of nitrogens with one attached hydrogen (secondary N) is 1. The Bertz CT molecular complexity index is 526. The van der Waals surface area contributed by atoms with Crippen LogP contribution in [0.5, 0.6) is 0 Å². The summed E-state index contributed by atoms with van der Waals surface area (Å²) in [6, 6.07) is 3.69. The molecule has 0 aromatic heterocycles. The molecule has 1 aliphatic rings. The van der Waals surface area contributed by atoms with Crippen LogP contribution in [-0.4, -0.2) is 59.1 Å². The molecular formula is C12H16N4O4. The van der Waals surface area contributed by atoms with Gasteiger partial charge in [-0.2, -0.15) is 0 Å². The molecule has 0 aliphatic carbocycles. The van der Waals surface area contributed by atoms with Crippen LogP contribution in [0.4, 0.5) is 11.4 Å². The highest BCUT2D eigenvalue weighted by Gasteiger charge is 2.19. The van der Waals surface area contributed by atoms with Crippen LogP contribution in [0.15, 0.2) is 18.2 Å². The summed E-state index contributed by atoms with van der Waals surface area (Å²) < 4.78 is 0. The number of piperazine rings is 1. The number of nitro benzene ring substituents is 1. The van der Waals surface area contributed by atoms with Gasteiger partial charge in [0.2, 0.25) is 0 Å². The highest BCUT2D eigenvalue weighted by molar-refractivity contribution is 5.94. The molecule has 8 heteroatoms. The summed E-state index contributed by atoms with van der Waals surface area (Å²) in [6.07, 6.45) is 0. The monoisotopic (exact) mass is 280 g/mol. The number of hydrazine groups is 1. The first-order chi connectivity index (χ1) is 9.47. The Balaban J connectivity index is 2.21. The normalized spacial score (nSPS) is 16.9. The first-order valence-corrected chi connectivity index (χ1v) is 6.19. The van der Waals surface area contributed by atoms with Crippen molar-refractivity contribution in [3.63, 3.8) is 0 Å². The maximum Gasteiger partial charge on any atom is 0.337 e. The SMILES string of the molecule is CN1CCN(Nc2cc([N+](=O)[O-])ccc2C(=O)O)CC1. The fourth-order valence-corrected chi connectivity index (χ4v) is 2.01. The van der Waals surface area contributed by atoms with E-state index < -0.39 is 10.9 Å². The van der Waals surface area contributed by atoms with Crippen LogP contribution in [0.25, 0.3) is 0 Å². The van der Waals surface area contributed by atoms with Gasteiger partial charge in [-0.3, -0.25) is 10.1 Å². The van der Waals surface area contributed by atoms with Crippen molar-refractivity contribution in [2.45, 2.75) is 0 Å². The van der Waals surface area contributed by atoms with Crippen LogP contribution in [0.3, 0.4) is 0 Å². The van der Waals surface area contributed by atoms with Gasteiger partial charge in [-0.25, -0.2) is 9.80 Å². The minimum absolute atomic E-state index is 0.0227. The van der Waals surface area contributed by atoms with Crippen molar-refractivity contribution in [3.05, 3.63) is 33.9 Å². The predicted molar refractivity (Wildman–Crippen MR) is 72.7 cm³/mol.